The van der Waals surface area contributed by atoms with Crippen LogP contribution in [0.3, 0.4) is 0 Å². The van der Waals surface area contributed by atoms with E-state index in [0.29, 0.717) is 5.88 Å². The molecule has 0 bridgehead atoms. The summed E-state index contributed by atoms with van der Waals surface area (Å²) in [7, 11) is 3.30. The lowest BCUT2D eigenvalue weighted by Gasteiger charge is -2.14. The zero-order valence-electron chi connectivity index (χ0n) is 18.1. The maximum Gasteiger partial charge on any atom is 0.136 e. The number of fused-ring (bicyclic) bond motifs is 1. The zero-order valence-corrected chi connectivity index (χ0v) is 18.9. The van der Waals surface area contributed by atoms with Gasteiger partial charge in [0.15, 0.2) is 0 Å². The van der Waals surface area contributed by atoms with Crippen molar-refractivity contribution in [3.63, 3.8) is 0 Å². The largest absolute Gasteiger partial charge is 0.495 e. The average molecular weight is 461 g/mol. The van der Waals surface area contributed by atoms with Crippen LogP contribution in [0.2, 0.25) is 0 Å². The average Bonchev–Trinajstić information content (AvgIpc) is 3.52. The van der Waals surface area contributed by atoms with E-state index in [0.717, 1.165) is 44.2 Å². The smallest absolute Gasteiger partial charge is 0.136 e. The van der Waals surface area contributed by atoms with E-state index in [9.17, 15) is 4.39 Å². The fourth-order valence-electron chi connectivity index (χ4n) is 3.77. The second kappa shape index (κ2) is 8.99. The molecule has 0 aliphatic rings. The van der Waals surface area contributed by atoms with Gasteiger partial charge in [0, 0.05) is 18.0 Å². The first-order valence-corrected chi connectivity index (χ1v) is 11.2. The fourth-order valence-corrected chi connectivity index (χ4v) is 4.83. The number of thioether (sulfide) groups is 1. The molecule has 0 N–H and O–H groups in total. The van der Waals surface area contributed by atoms with E-state index in [2.05, 4.69) is 20.6 Å². The van der Waals surface area contributed by atoms with E-state index in [1.165, 1.54) is 12.1 Å². The molecular formula is C25H21FN4O2S. The summed E-state index contributed by atoms with van der Waals surface area (Å²) in [4.78, 5) is 9.74. The summed E-state index contributed by atoms with van der Waals surface area (Å²) < 4.78 is 28.6. The molecule has 166 valence electrons. The first kappa shape index (κ1) is 21.1. The highest BCUT2D eigenvalue weighted by atomic mass is 32.2. The molecule has 2 aromatic heterocycles. The number of aromatic nitrogens is 4. The molecule has 0 saturated heterocycles. The lowest BCUT2D eigenvalue weighted by Crippen LogP contribution is -1.98. The molecule has 33 heavy (non-hydrogen) atoms. The summed E-state index contributed by atoms with van der Waals surface area (Å²) in [5.74, 6) is 1.87. The van der Waals surface area contributed by atoms with Gasteiger partial charge in [-0.25, -0.2) is 14.4 Å². The molecule has 5 rings (SSSR count). The molecule has 0 amide bonds. The molecule has 8 heteroatoms. The maximum absolute atomic E-state index is 13.6. The van der Waals surface area contributed by atoms with Gasteiger partial charge in [-0.2, -0.15) is 0 Å². The molecule has 0 fully saturated rings. The predicted molar refractivity (Wildman–Crippen MR) is 128 cm³/mol. The summed E-state index contributed by atoms with van der Waals surface area (Å²) in [5, 5.41) is 0. The SMILES string of the molecule is COc1cccc(OC)c1SCn1cnc2cc(-n3ccnc3)c(-c3ccc(F)cc3)cc21. The fraction of sp³-hybridized carbons (Fsp3) is 0.120. The van der Waals surface area contributed by atoms with Crippen molar-refractivity contribution in [3.05, 3.63) is 85.5 Å². The lowest BCUT2D eigenvalue weighted by atomic mass is 10.0. The number of benzene rings is 3. The number of imidazole rings is 2. The highest BCUT2D eigenvalue weighted by Crippen LogP contribution is 2.39. The Balaban J connectivity index is 1.57. The molecule has 5 aromatic rings. The van der Waals surface area contributed by atoms with Crippen LogP contribution in [0.1, 0.15) is 0 Å². The number of rotatable bonds is 7. The van der Waals surface area contributed by atoms with Crippen molar-refractivity contribution in [1.29, 1.82) is 0 Å². The summed E-state index contributed by atoms with van der Waals surface area (Å²) in [6, 6.07) is 16.4. The van der Waals surface area contributed by atoms with Crippen LogP contribution in [0.4, 0.5) is 4.39 Å². The van der Waals surface area contributed by atoms with Crippen LogP contribution in [-0.4, -0.2) is 33.3 Å². The minimum absolute atomic E-state index is 0.267. The van der Waals surface area contributed by atoms with Gasteiger partial charge in [0.25, 0.3) is 0 Å². The van der Waals surface area contributed by atoms with Gasteiger partial charge in [-0.15, -0.1) is 0 Å². The van der Waals surface area contributed by atoms with Crippen molar-refractivity contribution in [1.82, 2.24) is 19.1 Å². The minimum atomic E-state index is -0.267. The van der Waals surface area contributed by atoms with Crippen LogP contribution >= 0.6 is 11.8 Å². The molecule has 0 aliphatic heterocycles. The van der Waals surface area contributed by atoms with Gasteiger partial charge in [-0.1, -0.05) is 30.0 Å². The molecule has 0 aliphatic carbocycles. The normalized spacial score (nSPS) is 11.1. The number of ether oxygens (including phenoxy) is 2. The van der Waals surface area contributed by atoms with Gasteiger partial charge in [0.2, 0.25) is 0 Å². The number of halogens is 1. The molecular weight excluding hydrogens is 439 g/mol. The Kier molecular flexibility index (Phi) is 5.75. The Labute approximate surface area is 194 Å². The van der Waals surface area contributed by atoms with Crippen LogP contribution in [-0.2, 0) is 5.88 Å². The third kappa shape index (κ3) is 4.05. The van der Waals surface area contributed by atoms with E-state index in [4.69, 9.17) is 9.47 Å². The van der Waals surface area contributed by atoms with Crippen LogP contribution in [0.25, 0.3) is 27.8 Å². The Bertz CT molecular complexity index is 1380. The lowest BCUT2D eigenvalue weighted by molar-refractivity contribution is 0.376. The first-order valence-electron chi connectivity index (χ1n) is 10.2. The van der Waals surface area contributed by atoms with Gasteiger partial charge in [-0.05, 0) is 42.0 Å². The molecule has 0 atom stereocenters. The van der Waals surface area contributed by atoms with E-state index in [1.54, 1.807) is 50.6 Å². The van der Waals surface area contributed by atoms with E-state index < -0.39 is 0 Å². The van der Waals surface area contributed by atoms with Gasteiger partial charge < -0.3 is 18.6 Å². The van der Waals surface area contributed by atoms with Gasteiger partial charge in [0.05, 0.1) is 54.4 Å². The van der Waals surface area contributed by atoms with E-state index in [1.807, 2.05) is 41.4 Å². The van der Waals surface area contributed by atoms with Crippen molar-refractivity contribution in [2.24, 2.45) is 0 Å². The van der Waals surface area contributed by atoms with Crippen molar-refractivity contribution < 1.29 is 13.9 Å². The topological polar surface area (TPSA) is 54.1 Å². The van der Waals surface area contributed by atoms with E-state index >= 15 is 0 Å². The monoisotopic (exact) mass is 460 g/mol. The summed E-state index contributed by atoms with van der Waals surface area (Å²) in [6.45, 7) is 0. The number of methoxy groups -OCH3 is 2. The number of hydrogen-bond acceptors (Lipinski definition) is 5. The van der Waals surface area contributed by atoms with Crippen molar-refractivity contribution >= 4 is 22.8 Å². The zero-order chi connectivity index (χ0) is 22.8. The Hall–Kier alpha value is -3.78. The summed E-state index contributed by atoms with van der Waals surface area (Å²) in [6.07, 6.45) is 7.18. The van der Waals surface area contributed by atoms with Crippen LogP contribution in [0.15, 0.2) is 84.5 Å². The van der Waals surface area contributed by atoms with Crippen molar-refractivity contribution in [2.45, 2.75) is 10.8 Å². The van der Waals surface area contributed by atoms with Crippen LogP contribution in [0.5, 0.6) is 11.5 Å². The standard InChI is InChI=1S/C25H21FN4O2S/c1-31-23-4-3-5-24(32-2)25(23)33-16-30-15-28-20-13-21(29-11-10-27-14-29)19(12-22(20)30)17-6-8-18(26)9-7-17/h3-15H,16H2,1-2H3. The second-order valence-corrected chi connectivity index (χ2v) is 8.27. The summed E-state index contributed by atoms with van der Waals surface area (Å²) >= 11 is 1.61. The Morgan fingerprint density at radius 2 is 1.73 bits per heavy atom. The minimum Gasteiger partial charge on any atom is -0.495 e. The molecule has 0 saturated carbocycles. The molecule has 0 spiro atoms. The number of nitrogens with zero attached hydrogens (tertiary/aromatic N) is 4. The molecule has 6 nitrogen and oxygen atoms in total. The van der Waals surface area contributed by atoms with Crippen molar-refractivity contribution in [3.8, 4) is 28.3 Å². The number of hydrogen-bond donors (Lipinski definition) is 0. The van der Waals surface area contributed by atoms with Crippen LogP contribution in [0, 0.1) is 5.82 Å². The first-order chi connectivity index (χ1) is 16.2. The third-order valence-electron chi connectivity index (χ3n) is 5.41. The van der Waals surface area contributed by atoms with Gasteiger partial charge in [0.1, 0.15) is 17.3 Å². The quantitative estimate of drug-likeness (QED) is 0.288. The predicted octanol–water partition coefficient (Wildman–Crippen LogP) is 5.80. The highest BCUT2D eigenvalue weighted by Gasteiger charge is 2.15. The van der Waals surface area contributed by atoms with Gasteiger partial charge >= 0.3 is 0 Å². The molecule has 2 heterocycles. The van der Waals surface area contributed by atoms with Crippen molar-refractivity contribution in [2.75, 3.05) is 14.2 Å². The third-order valence-corrected chi connectivity index (χ3v) is 6.51. The second-order valence-electron chi connectivity index (χ2n) is 7.31. The Morgan fingerprint density at radius 1 is 0.970 bits per heavy atom. The Morgan fingerprint density at radius 3 is 2.39 bits per heavy atom. The van der Waals surface area contributed by atoms with E-state index in [-0.39, 0.29) is 5.82 Å². The van der Waals surface area contributed by atoms with Crippen LogP contribution < -0.4 is 9.47 Å². The molecule has 0 radical (unpaired) electrons. The van der Waals surface area contributed by atoms with Gasteiger partial charge in [-0.3, -0.25) is 0 Å². The highest BCUT2D eigenvalue weighted by molar-refractivity contribution is 7.98. The molecule has 0 unspecified atom stereocenters. The maximum atomic E-state index is 13.6. The summed E-state index contributed by atoms with van der Waals surface area (Å²) in [5.41, 5.74) is 4.63. The molecule has 3 aromatic carbocycles.